The maximum atomic E-state index is 11.6. The zero-order valence-corrected chi connectivity index (χ0v) is 18.9. The van der Waals surface area contributed by atoms with Gasteiger partial charge in [-0.25, -0.2) is 4.79 Å². The quantitative estimate of drug-likeness (QED) is 0.520. The second kappa shape index (κ2) is 9.58. The topological polar surface area (TPSA) is 55.6 Å². The van der Waals surface area contributed by atoms with Crippen LogP contribution >= 0.6 is 0 Å². The number of rotatable bonds is 8. The molecule has 4 rings (SSSR count). The van der Waals surface area contributed by atoms with E-state index in [0.29, 0.717) is 5.92 Å². The van der Waals surface area contributed by atoms with Crippen molar-refractivity contribution in [1.29, 1.82) is 0 Å². The molecule has 1 saturated heterocycles. The molecule has 3 aromatic rings. The van der Waals surface area contributed by atoms with Gasteiger partial charge >= 0.3 is 6.09 Å². The van der Waals surface area contributed by atoms with E-state index in [1.807, 2.05) is 19.9 Å². The number of hydrogen-bond donors (Lipinski definition) is 1. The highest BCUT2D eigenvalue weighted by Crippen LogP contribution is 2.41. The van der Waals surface area contributed by atoms with Gasteiger partial charge in [-0.05, 0) is 42.9 Å². The highest BCUT2D eigenvalue weighted by molar-refractivity contribution is 5.65. The molecule has 4 nitrogen and oxygen atoms in total. The number of benzene rings is 3. The highest BCUT2D eigenvalue weighted by Gasteiger charge is 2.45. The lowest BCUT2D eigenvalue weighted by molar-refractivity contribution is -0.0688. The molecule has 2 N–H and O–H groups in total. The van der Waals surface area contributed by atoms with Crippen molar-refractivity contribution < 1.29 is 9.53 Å². The van der Waals surface area contributed by atoms with E-state index >= 15 is 0 Å². The van der Waals surface area contributed by atoms with Crippen LogP contribution < -0.4 is 5.73 Å². The second-order valence-electron chi connectivity index (χ2n) is 9.26. The summed E-state index contributed by atoms with van der Waals surface area (Å²) in [6.07, 6.45) is 0.136. The molecule has 32 heavy (non-hydrogen) atoms. The maximum Gasteiger partial charge on any atom is 0.405 e. The molecule has 0 aliphatic carbocycles. The van der Waals surface area contributed by atoms with Crippen LogP contribution in [0.4, 0.5) is 4.79 Å². The molecule has 1 atom stereocenters. The number of nitrogens with two attached hydrogens (primary N) is 1. The summed E-state index contributed by atoms with van der Waals surface area (Å²) in [5.74, 6) is 0.570. The van der Waals surface area contributed by atoms with Gasteiger partial charge < -0.3 is 10.5 Å². The summed E-state index contributed by atoms with van der Waals surface area (Å²) >= 11 is 0. The lowest BCUT2D eigenvalue weighted by Crippen LogP contribution is -2.57. The number of primary amides is 1. The van der Waals surface area contributed by atoms with Crippen LogP contribution in [-0.2, 0) is 11.2 Å². The average molecular weight is 429 g/mol. The number of nitrogens with zero attached hydrogens (tertiary/aromatic N) is 1. The molecule has 0 spiro atoms. The van der Waals surface area contributed by atoms with Crippen LogP contribution in [0.2, 0.25) is 0 Å². The molecule has 1 amide bonds. The molecule has 3 aromatic carbocycles. The molecule has 4 heteroatoms. The Morgan fingerprint density at radius 2 is 1.38 bits per heavy atom. The number of hydrogen-bond acceptors (Lipinski definition) is 3. The van der Waals surface area contributed by atoms with E-state index in [1.165, 1.54) is 16.7 Å². The van der Waals surface area contributed by atoms with Gasteiger partial charge in [0.25, 0.3) is 0 Å². The molecular weight excluding hydrogens is 396 g/mol. The summed E-state index contributed by atoms with van der Waals surface area (Å²) in [5.41, 5.74) is 8.62. The summed E-state index contributed by atoms with van der Waals surface area (Å²) in [6.45, 7) is 5.86. The number of carbonyl (C=O) groups is 1. The largest absolute Gasteiger partial charge is 0.443 e. The SMILES string of the molecule is CC(C)(OC(N)=O)C(Cc1ccccc1)C1CN(C(c2ccccc2)c2ccccc2)C1. The number of amides is 1. The smallest absolute Gasteiger partial charge is 0.405 e. The van der Waals surface area contributed by atoms with Gasteiger partial charge in [0.05, 0.1) is 6.04 Å². The summed E-state index contributed by atoms with van der Waals surface area (Å²) in [7, 11) is 0. The minimum atomic E-state index is -0.712. The molecular formula is C28H32N2O2. The number of carbonyl (C=O) groups excluding carboxylic acids is 1. The van der Waals surface area contributed by atoms with Gasteiger partial charge in [0.15, 0.2) is 0 Å². The predicted molar refractivity (Wildman–Crippen MR) is 128 cm³/mol. The van der Waals surface area contributed by atoms with Crippen molar-refractivity contribution in [3.63, 3.8) is 0 Å². The lowest BCUT2D eigenvalue weighted by atomic mass is 9.72. The first-order valence-corrected chi connectivity index (χ1v) is 11.3. The van der Waals surface area contributed by atoms with Crippen molar-refractivity contribution in [2.75, 3.05) is 13.1 Å². The zero-order valence-electron chi connectivity index (χ0n) is 18.9. The normalized spacial score (nSPS) is 15.8. The fourth-order valence-corrected chi connectivity index (χ4v) is 5.08. The van der Waals surface area contributed by atoms with Gasteiger partial charge in [-0.2, -0.15) is 0 Å². The van der Waals surface area contributed by atoms with Crippen molar-refractivity contribution in [3.8, 4) is 0 Å². The van der Waals surface area contributed by atoms with E-state index in [-0.39, 0.29) is 12.0 Å². The Kier molecular flexibility index (Phi) is 6.61. The van der Waals surface area contributed by atoms with E-state index in [1.54, 1.807) is 0 Å². The molecule has 0 aromatic heterocycles. The Morgan fingerprint density at radius 1 is 0.906 bits per heavy atom. The van der Waals surface area contributed by atoms with Crippen LogP contribution in [0, 0.1) is 11.8 Å². The van der Waals surface area contributed by atoms with E-state index in [9.17, 15) is 4.79 Å². The van der Waals surface area contributed by atoms with Crippen LogP contribution in [-0.4, -0.2) is 29.7 Å². The first-order chi connectivity index (χ1) is 15.4. The van der Waals surface area contributed by atoms with E-state index in [2.05, 4.69) is 89.8 Å². The minimum Gasteiger partial charge on any atom is -0.443 e. The Morgan fingerprint density at radius 3 is 1.84 bits per heavy atom. The molecule has 0 bridgehead atoms. The molecule has 1 aliphatic rings. The van der Waals surface area contributed by atoms with E-state index < -0.39 is 11.7 Å². The van der Waals surface area contributed by atoms with E-state index in [4.69, 9.17) is 10.5 Å². The Bertz CT molecular complexity index is 960. The first-order valence-electron chi connectivity index (χ1n) is 11.3. The predicted octanol–water partition coefficient (Wildman–Crippen LogP) is 5.44. The van der Waals surface area contributed by atoms with Crippen LogP contribution in [0.3, 0.4) is 0 Å². The summed E-state index contributed by atoms with van der Waals surface area (Å²) in [6, 6.07) is 32.0. The van der Waals surface area contributed by atoms with Crippen molar-refractivity contribution >= 4 is 6.09 Å². The van der Waals surface area contributed by atoms with Crippen LogP contribution in [0.1, 0.15) is 36.6 Å². The second-order valence-corrected chi connectivity index (χ2v) is 9.26. The molecule has 1 aliphatic heterocycles. The van der Waals surface area contributed by atoms with E-state index in [0.717, 1.165) is 19.5 Å². The highest BCUT2D eigenvalue weighted by atomic mass is 16.6. The zero-order chi connectivity index (χ0) is 22.6. The van der Waals surface area contributed by atoms with Gasteiger partial charge in [-0.1, -0.05) is 91.0 Å². The fraction of sp³-hybridized carbons (Fsp3) is 0.321. The Labute approximate surface area is 191 Å². The standard InChI is InChI=1S/C28H32N2O2/c1-28(2,32-27(29)31)25(18-21-12-6-3-7-13-21)24-19-30(20-24)26(22-14-8-4-9-15-22)23-16-10-5-11-17-23/h3-17,24-26H,18-20H2,1-2H3,(H2,29,31). The monoisotopic (exact) mass is 428 g/mol. The third kappa shape index (κ3) is 5.03. The van der Waals surface area contributed by atoms with Gasteiger partial charge in [-0.15, -0.1) is 0 Å². The van der Waals surface area contributed by atoms with Gasteiger partial charge in [0.1, 0.15) is 5.60 Å². The van der Waals surface area contributed by atoms with Gasteiger partial charge in [-0.3, -0.25) is 4.90 Å². The fourth-order valence-electron chi connectivity index (χ4n) is 5.08. The number of ether oxygens (including phenoxy) is 1. The van der Waals surface area contributed by atoms with Crippen LogP contribution in [0.5, 0.6) is 0 Å². The molecule has 1 fully saturated rings. The summed E-state index contributed by atoms with van der Waals surface area (Å²) < 4.78 is 5.61. The van der Waals surface area contributed by atoms with Crippen molar-refractivity contribution in [2.45, 2.75) is 31.9 Å². The van der Waals surface area contributed by atoms with Gasteiger partial charge in [0, 0.05) is 19.0 Å². The first kappa shape index (κ1) is 22.1. The molecule has 0 radical (unpaired) electrons. The Balaban J connectivity index is 1.57. The van der Waals surface area contributed by atoms with Gasteiger partial charge in [0.2, 0.25) is 0 Å². The average Bonchev–Trinajstić information content (AvgIpc) is 2.76. The Hall–Kier alpha value is -3.11. The molecule has 1 unspecified atom stereocenters. The minimum absolute atomic E-state index is 0.167. The van der Waals surface area contributed by atoms with Crippen molar-refractivity contribution in [3.05, 3.63) is 108 Å². The van der Waals surface area contributed by atoms with Crippen LogP contribution in [0.15, 0.2) is 91.0 Å². The van der Waals surface area contributed by atoms with Crippen molar-refractivity contribution in [2.24, 2.45) is 17.6 Å². The lowest BCUT2D eigenvalue weighted by Gasteiger charge is -2.51. The third-order valence-electron chi connectivity index (χ3n) is 6.66. The molecule has 0 saturated carbocycles. The summed E-state index contributed by atoms with van der Waals surface area (Å²) in [5, 5.41) is 0. The number of likely N-dealkylation sites (tertiary alicyclic amines) is 1. The maximum absolute atomic E-state index is 11.6. The van der Waals surface area contributed by atoms with Crippen LogP contribution in [0.25, 0.3) is 0 Å². The molecule has 1 heterocycles. The third-order valence-corrected chi connectivity index (χ3v) is 6.66. The molecule has 166 valence electrons. The van der Waals surface area contributed by atoms with Crippen molar-refractivity contribution in [1.82, 2.24) is 4.90 Å². The summed E-state index contributed by atoms with van der Waals surface area (Å²) in [4.78, 5) is 14.2.